The Bertz CT molecular complexity index is 783. The van der Waals surface area contributed by atoms with E-state index in [9.17, 15) is 9.18 Å². The zero-order chi connectivity index (χ0) is 15.4. The van der Waals surface area contributed by atoms with Gasteiger partial charge in [-0.05, 0) is 29.1 Å². The van der Waals surface area contributed by atoms with E-state index in [0.29, 0.717) is 5.56 Å². The Kier molecular flexibility index (Phi) is 4.30. The van der Waals surface area contributed by atoms with Crippen LogP contribution in [0.15, 0.2) is 66.0 Å². The van der Waals surface area contributed by atoms with Gasteiger partial charge in [0.15, 0.2) is 0 Å². The van der Waals surface area contributed by atoms with Crippen molar-refractivity contribution in [3.63, 3.8) is 0 Å². The normalized spacial score (nSPS) is 10.4. The number of amides is 1. The van der Waals surface area contributed by atoms with Gasteiger partial charge in [-0.2, -0.15) is 0 Å². The van der Waals surface area contributed by atoms with E-state index in [2.05, 4.69) is 5.32 Å². The Morgan fingerprint density at radius 3 is 2.55 bits per heavy atom. The molecule has 1 heterocycles. The van der Waals surface area contributed by atoms with E-state index < -0.39 is 0 Å². The number of halogens is 1. The fraction of sp³-hybridized carbons (Fsp3) is 0.0556. The molecule has 0 aliphatic rings. The molecule has 0 atom stereocenters. The van der Waals surface area contributed by atoms with Crippen LogP contribution in [0.3, 0.4) is 0 Å². The number of para-hydroxylation sites is 1. The fourth-order valence-corrected chi connectivity index (χ4v) is 3.01. The quantitative estimate of drug-likeness (QED) is 0.741. The summed E-state index contributed by atoms with van der Waals surface area (Å²) >= 11 is 1.61. The number of carbonyl (C=O) groups is 1. The smallest absolute Gasteiger partial charge is 0.228 e. The van der Waals surface area contributed by atoms with Crippen molar-refractivity contribution in [1.82, 2.24) is 0 Å². The van der Waals surface area contributed by atoms with Gasteiger partial charge in [-0.25, -0.2) is 4.39 Å². The van der Waals surface area contributed by atoms with E-state index in [1.54, 1.807) is 29.5 Å². The van der Waals surface area contributed by atoms with Crippen LogP contribution in [0.25, 0.3) is 10.4 Å². The number of thiophene rings is 1. The third kappa shape index (κ3) is 3.23. The lowest BCUT2D eigenvalue weighted by Crippen LogP contribution is -2.15. The molecule has 0 spiro atoms. The molecule has 3 rings (SSSR count). The standard InChI is InChI=1S/C18H14FNOS/c19-15-8-3-1-6-13(15)12-18(21)20-16-9-4-2-7-14(16)17-10-5-11-22-17/h1-11H,12H2,(H,20,21). The lowest BCUT2D eigenvalue weighted by Gasteiger charge is -2.10. The molecule has 1 N–H and O–H groups in total. The van der Waals surface area contributed by atoms with E-state index in [1.165, 1.54) is 6.07 Å². The highest BCUT2D eigenvalue weighted by Gasteiger charge is 2.11. The molecular weight excluding hydrogens is 297 g/mol. The molecular formula is C18H14FNOS. The molecule has 22 heavy (non-hydrogen) atoms. The summed E-state index contributed by atoms with van der Waals surface area (Å²) in [5.41, 5.74) is 2.11. The van der Waals surface area contributed by atoms with Gasteiger partial charge in [0.25, 0.3) is 0 Å². The van der Waals surface area contributed by atoms with Crippen molar-refractivity contribution in [2.75, 3.05) is 5.32 Å². The summed E-state index contributed by atoms with van der Waals surface area (Å²) in [5, 5.41) is 4.87. The third-order valence-corrected chi connectivity index (χ3v) is 4.20. The van der Waals surface area contributed by atoms with Gasteiger partial charge >= 0.3 is 0 Å². The maximum absolute atomic E-state index is 13.6. The molecule has 0 aliphatic heterocycles. The zero-order valence-corrected chi connectivity index (χ0v) is 12.6. The largest absolute Gasteiger partial charge is 0.325 e. The predicted octanol–water partition coefficient (Wildman–Crippen LogP) is 4.74. The summed E-state index contributed by atoms with van der Waals surface area (Å²) in [4.78, 5) is 13.3. The zero-order valence-electron chi connectivity index (χ0n) is 11.8. The van der Waals surface area contributed by atoms with Crippen molar-refractivity contribution in [2.45, 2.75) is 6.42 Å². The van der Waals surface area contributed by atoms with Crippen molar-refractivity contribution >= 4 is 22.9 Å². The van der Waals surface area contributed by atoms with E-state index in [1.807, 2.05) is 41.8 Å². The maximum atomic E-state index is 13.6. The number of hydrogen-bond acceptors (Lipinski definition) is 2. The van der Waals surface area contributed by atoms with Crippen LogP contribution in [0.4, 0.5) is 10.1 Å². The Labute approximate surface area is 132 Å². The second-order valence-corrected chi connectivity index (χ2v) is 5.79. The Hall–Kier alpha value is -2.46. The van der Waals surface area contributed by atoms with Crippen molar-refractivity contribution in [2.24, 2.45) is 0 Å². The van der Waals surface area contributed by atoms with Crippen LogP contribution in [0.2, 0.25) is 0 Å². The van der Waals surface area contributed by atoms with Crippen LogP contribution in [-0.2, 0) is 11.2 Å². The van der Waals surface area contributed by atoms with Gasteiger partial charge in [-0.3, -0.25) is 4.79 Å². The molecule has 4 heteroatoms. The topological polar surface area (TPSA) is 29.1 Å². The van der Waals surface area contributed by atoms with Crippen LogP contribution >= 0.6 is 11.3 Å². The Morgan fingerprint density at radius 2 is 1.77 bits per heavy atom. The van der Waals surface area contributed by atoms with Crippen LogP contribution in [0.1, 0.15) is 5.56 Å². The van der Waals surface area contributed by atoms with Gasteiger partial charge < -0.3 is 5.32 Å². The molecule has 2 aromatic carbocycles. The average molecular weight is 311 g/mol. The first-order chi connectivity index (χ1) is 10.7. The minimum Gasteiger partial charge on any atom is -0.325 e. The van der Waals surface area contributed by atoms with Crippen molar-refractivity contribution in [1.29, 1.82) is 0 Å². The number of rotatable bonds is 4. The van der Waals surface area contributed by atoms with Crippen molar-refractivity contribution in [3.8, 4) is 10.4 Å². The van der Waals surface area contributed by atoms with E-state index >= 15 is 0 Å². The third-order valence-electron chi connectivity index (χ3n) is 3.30. The molecule has 0 radical (unpaired) electrons. The lowest BCUT2D eigenvalue weighted by atomic mass is 10.1. The van der Waals surface area contributed by atoms with E-state index in [-0.39, 0.29) is 18.1 Å². The fourth-order valence-electron chi connectivity index (χ4n) is 2.25. The summed E-state index contributed by atoms with van der Waals surface area (Å²) < 4.78 is 13.6. The lowest BCUT2D eigenvalue weighted by molar-refractivity contribution is -0.115. The summed E-state index contributed by atoms with van der Waals surface area (Å²) in [5.74, 6) is -0.585. The Balaban J connectivity index is 1.79. The van der Waals surface area contributed by atoms with Gasteiger partial charge in [0.1, 0.15) is 5.82 Å². The van der Waals surface area contributed by atoms with Crippen LogP contribution < -0.4 is 5.32 Å². The number of benzene rings is 2. The van der Waals surface area contributed by atoms with Gasteiger partial charge in [0.05, 0.1) is 6.42 Å². The monoisotopic (exact) mass is 311 g/mol. The second kappa shape index (κ2) is 6.54. The highest BCUT2D eigenvalue weighted by atomic mass is 32.1. The highest BCUT2D eigenvalue weighted by molar-refractivity contribution is 7.13. The molecule has 0 aliphatic carbocycles. The molecule has 0 bridgehead atoms. The molecule has 0 saturated carbocycles. The minimum atomic E-state index is -0.357. The molecule has 3 aromatic rings. The second-order valence-electron chi connectivity index (χ2n) is 4.84. The van der Waals surface area contributed by atoms with E-state index in [4.69, 9.17) is 0 Å². The first kappa shape index (κ1) is 14.5. The summed E-state index contributed by atoms with van der Waals surface area (Å²) in [7, 11) is 0. The van der Waals surface area contributed by atoms with Gasteiger partial charge in [-0.1, -0.05) is 42.5 Å². The summed E-state index contributed by atoms with van der Waals surface area (Å²) in [6.07, 6.45) is 0.0193. The van der Waals surface area contributed by atoms with Gasteiger partial charge in [0.2, 0.25) is 5.91 Å². The van der Waals surface area contributed by atoms with Gasteiger partial charge in [0, 0.05) is 16.1 Å². The highest BCUT2D eigenvalue weighted by Crippen LogP contribution is 2.31. The summed E-state index contributed by atoms with van der Waals surface area (Å²) in [6.45, 7) is 0. The number of anilines is 1. The molecule has 110 valence electrons. The maximum Gasteiger partial charge on any atom is 0.228 e. The van der Waals surface area contributed by atoms with E-state index in [0.717, 1.165) is 16.1 Å². The average Bonchev–Trinajstić information content (AvgIpc) is 3.04. The SMILES string of the molecule is O=C(Cc1ccccc1F)Nc1ccccc1-c1cccs1. The Morgan fingerprint density at radius 1 is 1.00 bits per heavy atom. The van der Waals surface area contributed by atoms with Crippen LogP contribution in [0.5, 0.6) is 0 Å². The molecule has 1 amide bonds. The number of nitrogens with one attached hydrogen (secondary N) is 1. The minimum absolute atomic E-state index is 0.0193. The summed E-state index contributed by atoms with van der Waals surface area (Å²) in [6, 6.07) is 17.9. The van der Waals surface area contributed by atoms with Crippen molar-refractivity contribution < 1.29 is 9.18 Å². The number of hydrogen-bond donors (Lipinski definition) is 1. The molecule has 2 nitrogen and oxygen atoms in total. The van der Waals surface area contributed by atoms with Gasteiger partial charge in [-0.15, -0.1) is 11.3 Å². The molecule has 0 saturated heterocycles. The molecule has 0 fully saturated rings. The predicted molar refractivity (Wildman–Crippen MR) is 88.5 cm³/mol. The first-order valence-corrected chi connectivity index (χ1v) is 7.78. The molecule has 1 aromatic heterocycles. The van der Waals surface area contributed by atoms with Crippen LogP contribution in [-0.4, -0.2) is 5.91 Å². The van der Waals surface area contributed by atoms with Crippen LogP contribution in [0, 0.1) is 5.82 Å². The first-order valence-electron chi connectivity index (χ1n) is 6.90. The number of carbonyl (C=O) groups excluding carboxylic acids is 1. The van der Waals surface area contributed by atoms with Crippen molar-refractivity contribution in [3.05, 3.63) is 77.4 Å². The molecule has 0 unspecified atom stereocenters.